The van der Waals surface area contributed by atoms with E-state index >= 15 is 0 Å². The minimum Gasteiger partial charge on any atom is -0.354 e. The standard InChI is InChI=1S/C21H33N5O2/c27-21(28-26-11-5-1-2-6-12-26)23-18-9-10-22-20(17-18)25-15-13-24(14-16-25)19-7-3-4-8-19/h9-10,17,19H,1-8,11-16H2,(H,22,23,27). The van der Waals surface area contributed by atoms with Crippen molar-refractivity contribution in [2.45, 2.75) is 57.4 Å². The van der Waals surface area contributed by atoms with Crippen LogP contribution >= 0.6 is 0 Å². The Morgan fingerprint density at radius 2 is 1.68 bits per heavy atom. The Morgan fingerprint density at radius 1 is 0.964 bits per heavy atom. The molecule has 0 aromatic carbocycles. The lowest BCUT2D eigenvalue weighted by Gasteiger charge is -2.38. The van der Waals surface area contributed by atoms with Gasteiger partial charge in [-0.05, 0) is 31.7 Å². The van der Waals surface area contributed by atoms with Crippen molar-refractivity contribution in [2.24, 2.45) is 0 Å². The number of aromatic nitrogens is 1. The second-order valence-corrected chi connectivity index (χ2v) is 8.21. The van der Waals surface area contributed by atoms with Crippen LogP contribution in [0.15, 0.2) is 18.3 Å². The summed E-state index contributed by atoms with van der Waals surface area (Å²) in [7, 11) is 0. The highest BCUT2D eigenvalue weighted by atomic mass is 16.7. The number of piperazine rings is 1. The van der Waals surface area contributed by atoms with Crippen molar-refractivity contribution in [1.82, 2.24) is 14.9 Å². The predicted molar refractivity (Wildman–Crippen MR) is 110 cm³/mol. The molecule has 28 heavy (non-hydrogen) atoms. The number of carbonyl (C=O) groups excluding carboxylic acids is 1. The zero-order chi connectivity index (χ0) is 19.2. The van der Waals surface area contributed by atoms with Crippen molar-refractivity contribution in [3.63, 3.8) is 0 Å². The summed E-state index contributed by atoms with van der Waals surface area (Å²) in [6.45, 7) is 5.82. The summed E-state index contributed by atoms with van der Waals surface area (Å²) in [4.78, 5) is 27.2. The van der Waals surface area contributed by atoms with Gasteiger partial charge in [-0.1, -0.05) is 25.7 Å². The fourth-order valence-corrected chi connectivity index (χ4v) is 4.65. The van der Waals surface area contributed by atoms with Crippen molar-refractivity contribution in [1.29, 1.82) is 0 Å². The van der Waals surface area contributed by atoms with Crippen LogP contribution in [0.2, 0.25) is 0 Å². The molecule has 1 aromatic rings. The van der Waals surface area contributed by atoms with Gasteiger partial charge in [0.25, 0.3) is 0 Å². The van der Waals surface area contributed by atoms with Crippen LogP contribution in [0.4, 0.5) is 16.3 Å². The second-order valence-electron chi connectivity index (χ2n) is 8.21. The van der Waals surface area contributed by atoms with E-state index in [1.54, 1.807) is 11.3 Å². The van der Waals surface area contributed by atoms with E-state index in [1.807, 2.05) is 12.1 Å². The third kappa shape index (κ3) is 5.14. The lowest BCUT2D eigenvalue weighted by Crippen LogP contribution is -2.50. The molecule has 0 atom stereocenters. The number of carbonyl (C=O) groups is 1. The number of amides is 1. The maximum atomic E-state index is 12.3. The quantitative estimate of drug-likeness (QED) is 0.853. The number of pyridine rings is 1. The van der Waals surface area contributed by atoms with Crippen LogP contribution in [-0.4, -0.2) is 66.4 Å². The Bertz CT molecular complexity index is 633. The number of nitrogens with one attached hydrogen (secondary N) is 1. The number of rotatable bonds is 4. The maximum Gasteiger partial charge on any atom is 0.430 e. The van der Waals surface area contributed by atoms with Crippen LogP contribution in [0.5, 0.6) is 0 Å². The highest BCUT2D eigenvalue weighted by Gasteiger charge is 2.26. The molecule has 2 aliphatic heterocycles. The predicted octanol–water partition coefficient (Wildman–Crippen LogP) is 3.49. The van der Waals surface area contributed by atoms with Gasteiger partial charge < -0.3 is 9.74 Å². The fraction of sp³-hybridized carbons (Fsp3) is 0.714. The molecular formula is C21H33N5O2. The maximum absolute atomic E-state index is 12.3. The SMILES string of the molecule is O=C(Nc1ccnc(N2CCN(C3CCCC3)CC2)c1)ON1CCCCCC1. The van der Waals surface area contributed by atoms with E-state index in [2.05, 4.69) is 20.1 Å². The number of hydroxylamine groups is 2. The fourth-order valence-electron chi connectivity index (χ4n) is 4.65. The zero-order valence-corrected chi connectivity index (χ0v) is 16.8. The lowest BCUT2D eigenvalue weighted by atomic mass is 10.2. The molecule has 154 valence electrons. The van der Waals surface area contributed by atoms with E-state index in [0.717, 1.165) is 69.7 Å². The highest BCUT2D eigenvalue weighted by molar-refractivity contribution is 5.84. The number of nitrogens with zero attached hydrogens (tertiary/aromatic N) is 4. The largest absolute Gasteiger partial charge is 0.430 e. The molecule has 1 aromatic heterocycles. The summed E-state index contributed by atoms with van der Waals surface area (Å²) in [6.07, 6.45) is 11.4. The van der Waals surface area contributed by atoms with Gasteiger partial charge in [0.1, 0.15) is 5.82 Å². The summed E-state index contributed by atoms with van der Waals surface area (Å²) < 4.78 is 0. The van der Waals surface area contributed by atoms with Crippen LogP contribution in [0, 0.1) is 0 Å². The summed E-state index contributed by atoms with van der Waals surface area (Å²) in [6, 6.07) is 4.56. The van der Waals surface area contributed by atoms with E-state index in [9.17, 15) is 4.79 Å². The van der Waals surface area contributed by atoms with Gasteiger partial charge in [-0.25, -0.2) is 9.78 Å². The molecular weight excluding hydrogens is 354 g/mol. The molecule has 0 bridgehead atoms. The molecule has 0 unspecified atom stereocenters. The van der Waals surface area contributed by atoms with Crippen LogP contribution in [0.25, 0.3) is 0 Å². The van der Waals surface area contributed by atoms with E-state index in [-0.39, 0.29) is 0 Å². The molecule has 1 saturated carbocycles. The van der Waals surface area contributed by atoms with E-state index in [1.165, 1.54) is 38.5 Å². The first kappa shape index (κ1) is 19.5. The average molecular weight is 388 g/mol. The molecule has 4 rings (SSSR count). The summed E-state index contributed by atoms with van der Waals surface area (Å²) in [5, 5.41) is 4.65. The number of hydrogen-bond donors (Lipinski definition) is 1. The van der Waals surface area contributed by atoms with Crippen LogP contribution in [0.3, 0.4) is 0 Å². The Hall–Kier alpha value is -1.86. The molecule has 3 fully saturated rings. The van der Waals surface area contributed by atoms with E-state index in [0.29, 0.717) is 0 Å². The summed E-state index contributed by atoms with van der Waals surface area (Å²) in [5.41, 5.74) is 0.739. The third-order valence-electron chi connectivity index (χ3n) is 6.25. The molecule has 1 aliphatic carbocycles. The van der Waals surface area contributed by atoms with Crippen LogP contribution in [-0.2, 0) is 4.84 Å². The first-order chi connectivity index (χ1) is 13.8. The van der Waals surface area contributed by atoms with Crippen molar-refractivity contribution in [2.75, 3.05) is 49.5 Å². The monoisotopic (exact) mass is 387 g/mol. The first-order valence-electron chi connectivity index (χ1n) is 11.0. The van der Waals surface area contributed by atoms with E-state index in [4.69, 9.17) is 4.84 Å². The van der Waals surface area contributed by atoms with Gasteiger partial charge in [0.05, 0.1) is 0 Å². The Kier molecular flexibility index (Phi) is 6.65. The molecule has 0 spiro atoms. The lowest BCUT2D eigenvalue weighted by molar-refractivity contribution is -0.0910. The Labute approximate surface area is 168 Å². The van der Waals surface area contributed by atoms with Crippen molar-refractivity contribution in [3.8, 4) is 0 Å². The molecule has 7 nitrogen and oxygen atoms in total. The summed E-state index contributed by atoms with van der Waals surface area (Å²) >= 11 is 0. The second kappa shape index (κ2) is 9.56. The number of hydrogen-bond acceptors (Lipinski definition) is 6. The van der Waals surface area contributed by atoms with Gasteiger partial charge in [0.2, 0.25) is 0 Å². The smallest absolute Gasteiger partial charge is 0.354 e. The van der Waals surface area contributed by atoms with Gasteiger partial charge in [0, 0.05) is 63.3 Å². The highest BCUT2D eigenvalue weighted by Crippen LogP contribution is 2.25. The van der Waals surface area contributed by atoms with Crippen LogP contribution < -0.4 is 10.2 Å². The molecule has 1 N–H and O–H groups in total. The first-order valence-corrected chi connectivity index (χ1v) is 11.0. The minimum atomic E-state index is -0.412. The normalized spacial score (nSPS) is 22.8. The van der Waals surface area contributed by atoms with Gasteiger partial charge in [-0.15, -0.1) is 5.06 Å². The van der Waals surface area contributed by atoms with Gasteiger partial charge >= 0.3 is 6.09 Å². The topological polar surface area (TPSA) is 60.9 Å². The van der Waals surface area contributed by atoms with Gasteiger partial charge in [-0.3, -0.25) is 10.2 Å². The molecule has 3 heterocycles. The minimum absolute atomic E-state index is 0.412. The average Bonchev–Trinajstić information content (AvgIpc) is 3.14. The molecule has 2 saturated heterocycles. The zero-order valence-electron chi connectivity index (χ0n) is 16.8. The van der Waals surface area contributed by atoms with Crippen molar-refractivity contribution in [3.05, 3.63) is 18.3 Å². The number of anilines is 2. The molecule has 7 heteroatoms. The molecule has 3 aliphatic rings. The molecule has 1 amide bonds. The van der Waals surface area contributed by atoms with Crippen molar-refractivity contribution >= 4 is 17.6 Å². The van der Waals surface area contributed by atoms with E-state index < -0.39 is 6.09 Å². The Balaban J connectivity index is 1.28. The molecule has 0 radical (unpaired) electrons. The van der Waals surface area contributed by atoms with Gasteiger partial charge in [0.15, 0.2) is 0 Å². The third-order valence-corrected chi connectivity index (χ3v) is 6.25. The van der Waals surface area contributed by atoms with Crippen molar-refractivity contribution < 1.29 is 9.63 Å². The van der Waals surface area contributed by atoms with Gasteiger partial charge in [-0.2, -0.15) is 0 Å². The summed E-state index contributed by atoms with van der Waals surface area (Å²) in [5.74, 6) is 0.929. The van der Waals surface area contributed by atoms with Crippen LogP contribution in [0.1, 0.15) is 51.4 Å². The Morgan fingerprint density at radius 3 is 2.39 bits per heavy atom.